The lowest BCUT2D eigenvalue weighted by atomic mass is 10.2. The summed E-state index contributed by atoms with van der Waals surface area (Å²) in [4.78, 5) is 13.4. The number of aryl methyl sites for hydroxylation is 2. The van der Waals surface area contributed by atoms with E-state index in [-0.39, 0.29) is 6.54 Å². The maximum Gasteiger partial charge on any atom is 0.309 e. The third-order valence-corrected chi connectivity index (χ3v) is 5.86. The normalized spacial score (nSPS) is 13.6. The second-order valence-electron chi connectivity index (χ2n) is 4.49. The standard InChI is InChI=1S/C12H19NO4S2/c1-8(12(14)17-5)7-13(4)19(15,16)11-6-9(2)18-10(11)3/h6,8H,7H2,1-5H3. The zero-order valence-corrected chi connectivity index (χ0v) is 13.4. The summed E-state index contributed by atoms with van der Waals surface area (Å²) in [6.07, 6.45) is 0. The lowest BCUT2D eigenvalue weighted by Gasteiger charge is -2.19. The van der Waals surface area contributed by atoms with Crippen LogP contribution in [0.3, 0.4) is 0 Å². The van der Waals surface area contributed by atoms with Crippen molar-refractivity contribution in [3.8, 4) is 0 Å². The molecule has 1 aromatic rings. The molecule has 1 rings (SSSR count). The van der Waals surface area contributed by atoms with E-state index in [1.165, 1.54) is 29.8 Å². The number of nitrogens with zero attached hydrogens (tertiary/aromatic N) is 1. The van der Waals surface area contributed by atoms with Gasteiger partial charge in [-0.05, 0) is 19.9 Å². The maximum atomic E-state index is 12.4. The Hall–Kier alpha value is -0.920. The molecule has 0 spiro atoms. The van der Waals surface area contributed by atoms with E-state index in [1.54, 1.807) is 19.9 Å². The van der Waals surface area contributed by atoms with Gasteiger partial charge in [-0.25, -0.2) is 12.7 Å². The van der Waals surface area contributed by atoms with Gasteiger partial charge in [-0.3, -0.25) is 4.79 Å². The summed E-state index contributed by atoms with van der Waals surface area (Å²) in [5, 5.41) is 0. The number of hydrogen-bond acceptors (Lipinski definition) is 5. The molecular weight excluding hydrogens is 286 g/mol. The molecule has 1 atom stereocenters. The van der Waals surface area contributed by atoms with Gasteiger partial charge in [0.05, 0.1) is 17.9 Å². The van der Waals surface area contributed by atoms with Crippen LogP contribution in [0.15, 0.2) is 11.0 Å². The van der Waals surface area contributed by atoms with Crippen LogP contribution >= 0.6 is 11.3 Å². The van der Waals surface area contributed by atoms with Crippen molar-refractivity contribution in [1.82, 2.24) is 4.31 Å². The van der Waals surface area contributed by atoms with Crippen molar-refractivity contribution in [3.05, 3.63) is 15.8 Å². The average Bonchev–Trinajstić information content (AvgIpc) is 2.67. The molecule has 0 aliphatic carbocycles. The fourth-order valence-corrected chi connectivity index (χ4v) is 4.57. The Labute approximate surface area is 118 Å². The monoisotopic (exact) mass is 305 g/mol. The Kier molecular flexibility index (Phi) is 5.11. The SMILES string of the molecule is COC(=O)C(C)CN(C)S(=O)(=O)c1cc(C)sc1C. The number of ether oxygens (including phenoxy) is 1. The number of methoxy groups -OCH3 is 1. The van der Waals surface area contributed by atoms with Gasteiger partial charge in [0, 0.05) is 23.3 Å². The van der Waals surface area contributed by atoms with Crippen LogP contribution in [0.1, 0.15) is 16.7 Å². The maximum absolute atomic E-state index is 12.4. The van der Waals surface area contributed by atoms with Crippen molar-refractivity contribution in [2.24, 2.45) is 5.92 Å². The van der Waals surface area contributed by atoms with E-state index in [4.69, 9.17) is 0 Å². The van der Waals surface area contributed by atoms with Gasteiger partial charge in [0.1, 0.15) is 0 Å². The summed E-state index contributed by atoms with van der Waals surface area (Å²) in [7, 11) is -0.785. The van der Waals surface area contributed by atoms with E-state index in [1.807, 2.05) is 6.92 Å². The lowest BCUT2D eigenvalue weighted by molar-refractivity contribution is -0.144. The third kappa shape index (κ3) is 3.55. The minimum absolute atomic E-state index is 0.101. The van der Waals surface area contributed by atoms with Crippen LogP contribution in [-0.2, 0) is 19.6 Å². The third-order valence-electron chi connectivity index (χ3n) is 2.82. The molecule has 0 radical (unpaired) electrons. The molecular formula is C12H19NO4S2. The number of carbonyl (C=O) groups excluding carboxylic acids is 1. The molecule has 5 nitrogen and oxygen atoms in total. The van der Waals surface area contributed by atoms with E-state index in [9.17, 15) is 13.2 Å². The molecule has 19 heavy (non-hydrogen) atoms. The molecule has 0 bridgehead atoms. The summed E-state index contributed by atoms with van der Waals surface area (Å²) in [6.45, 7) is 5.39. The smallest absolute Gasteiger partial charge is 0.309 e. The molecule has 108 valence electrons. The number of hydrogen-bond donors (Lipinski definition) is 0. The van der Waals surface area contributed by atoms with E-state index in [2.05, 4.69) is 4.74 Å². The first kappa shape index (κ1) is 16.1. The van der Waals surface area contributed by atoms with Crippen LogP contribution in [0.2, 0.25) is 0 Å². The minimum atomic E-state index is -3.55. The molecule has 0 aliphatic heterocycles. The highest BCUT2D eigenvalue weighted by Crippen LogP contribution is 2.27. The molecule has 0 saturated carbocycles. The van der Waals surface area contributed by atoms with Crippen LogP contribution in [0, 0.1) is 19.8 Å². The zero-order chi connectivity index (χ0) is 14.8. The average molecular weight is 305 g/mol. The van der Waals surface area contributed by atoms with Gasteiger partial charge in [0.15, 0.2) is 0 Å². The van der Waals surface area contributed by atoms with Gasteiger partial charge in [-0.2, -0.15) is 0 Å². The first-order chi connectivity index (χ1) is 8.70. The number of thiophene rings is 1. The second-order valence-corrected chi connectivity index (χ2v) is 7.96. The lowest BCUT2D eigenvalue weighted by Crippen LogP contribution is -2.34. The Bertz CT molecular complexity index is 562. The Morgan fingerprint density at radius 2 is 2.05 bits per heavy atom. The molecule has 0 aromatic carbocycles. The van der Waals surface area contributed by atoms with E-state index >= 15 is 0 Å². The minimum Gasteiger partial charge on any atom is -0.469 e. The summed E-state index contributed by atoms with van der Waals surface area (Å²) in [5.41, 5.74) is 0. The quantitative estimate of drug-likeness (QED) is 0.778. The van der Waals surface area contributed by atoms with E-state index in [0.717, 1.165) is 9.75 Å². The number of esters is 1. The molecule has 0 amide bonds. The second kappa shape index (κ2) is 6.02. The van der Waals surface area contributed by atoms with Gasteiger partial charge in [-0.15, -0.1) is 11.3 Å². The van der Waals surface area contributed by atoms with Crippen molar-refractivity contribution < 1.29 is 17.9 Å². The van der Waals surface area contributed by atoms with E-state index < -0.39 is 21.9 Å². The molecule has 1 unspecified atom stereocenters. The number of rotatable bonds is 5. The van der Waals surface area contributed by atoms with Crippen LogP contribution in [-0.4, -0.2) is 39.4 Å². The van der Waals surface area contributed by atoms with Crippen LogP contribution in [0.4, 0.5) is 0 Å². The first-order valence-corrected chi connectivity index (χ1v) is 8.07. The fraction of sp³-hybridized carbons (Fsp3) is 0.583. The van der Waals surface area contributed by atoms with Gasteiger partial charge < -0.3 is 4.74 Å². The molecule has 1 aromatic heterocycles. The molecule has 1 heterocycles. The molecule has 0 aliphatic rings. The highest BCUT2D eigenvalue weighted by atomic mass is 32.2. The van der Waals surface area contributed by atoms with Crippen LogP contribution < -0.4 is 0 Å². The number of sulfonamides is 1. The molecule has 0 fully saturated rings. The predicted molar refractivity (Wildman–Crippen MR) is 74.8 cm³/mol. The zero-order valence-electron chi connectivity index (χ0n) is 11.8. The summed E-state index contributed by atoms with van der Waals surface area (Å²) < 4.78 is 30.6. The van der Waals surface area contributed by atoms with Crippen LogP contribution in [0.5, 0.6) is 0 Å². The summed E-state index contributed by atoms with van der Waals surface area (Å²) in [5.74, 6) is -0.912. The van der Waals surface area contributed by atoms with Crippen molar-refractivity contribution in [1.29, 1.82) is 0 Å². The van der Waals surface area contributed by atoms with Gasteiger partial charge in [0.25, 0.3) is 0 Å². The van der Waals surface area contributed by atoms with Crippen molar-refractivity contribution >= 4 is 27.3 Å². The summed E-state index contributed by atoms with van der Waals surface area (Å²) >= 11 is 1.45. The van der Waals surface area contributed by atoms with Gasteiger partial charge in [-0.1, -0.05) is 6.92 Å². The fourth-order valence-electron chi connectivity index (χ4n) is 1.79. The van der Waals surface area contributed by atoms with Crippen molar-refractivity contribution in [2.45, 2.75) is 25.7 Å². The number of carbonyl (C=O) groups is 1. The Morgan fingerprint density at radius 3 is 2.47 bits per heavy atom. The predicted octanol–water partition coefficient (Wildman–Crippen LogP) is 1.79. The van der Waals surface area contributed by atoms with Crippen molar-refractivity contribution in [3.63, 3.8) is 0 Å². The Morgan fingerprint density at radius 1 is 1.47 bits per heavy atom. The molecule has 0 saturated heterocycles. The largest absolute Gasteiger partial charge is 0.469 e. The van der Waals surface area contributed by atoms with E-state index in [0.29, 0.717) is 4.90 Å². The topological polar surface area (TPSA) is 63.7 Å². The highest BCUT2D eigenvalue weighted by Gasteiger charge is 2.27. The highest BCUT2D eigenvalue weighted by molar-refractivity contribution is 7.89. The summed E-state index contributed by atoms with van der Waals surface area (Å²) in [6, 6.07) is 1.66. The molecule has 7 heteroatoms. The Balaban J connectivity index is 2.95. The first-order valence-electron chi connectivity index (χ1n) is 5.81. The van der Waals surface area contributed by atoms with Gasteiger partial charge >= 0.3 is 5.97 Å². The van der Waals surface area contributed by atoms with Gasteiger partial charge in [0.2, 0.25) is 10.0 Å². The van der Waals surface area contributed by atoms with Crippen LogP contribution in [0.25, 0.3) is 0 Å². The van der Waals surface area contributed by atoms with Crippen molar-refractivity contribution in [2.75, 3.05) is 20.7 Å². The molecule has 0 N–H and O–H groups in total.